The van der Waals surface area contributed by atoms with Gasteiger partial charge >= 0.3 is 0 Å². The van der Waals surface area contributed by atoms with E-state index in [-0.39, 0.29) is 11.7 Å². The molecular formula is C19H24N2O2. The van der Waals surface area contributed by atoms with Crippen molar-refractivity contribution in [3.05, 3.63) is 53.6 Å². The Labute approximate surface area is 137 Å². The molecule has 4 heteroatoms. The summed E-state index contributed by atoms with van der Waals surface area (Å²) in [6.45, 7) is 4.16. The Hall–Kier alpha value is -2.49. The zero-order valence-corrected chi connectivity index (χ0v) is 14.1. The Morgan fingerprint density at radius 2 is 1.78 bits per heavy atom. The molecule has 0 atom stereocenters. The van der Waals surface area contributed by atoms with Gasteiger partial charge in [0.1, 0.15) is 5.75 Å². The summed E-state index contributed by atoms with van der Waals surface area (Å²) in [6.07, 6.45) is 0.741. The second kappa shape index (κ2) is 7.18. The number of nitrogens with one attached hydrogen (secondary N) is 1. The van der Waals surface area contributed by atoms with Crippen molar-refractivity contribution >= 4 is 17.3 Å². The molecule has 0 saturated heterocycles. The van der Waals surface area contributed by atoms with Gasteiger partial charge in [0, 0.05) is 25.5 Å². The Morgan fingerprint density at radius 1 is 1.13 bits per heavy atom. The first-order valence-electron chi connectivity index (χ1n) is 7.78. The standard InChI is InChI=1S/C19H24N2O2/c1-13(2)12-14-6-5-7-17(18(14)22)19(23)20-15-8-10-16(11-9-15)21(3)4/h5-11,13,22H,12H2,1-4H3,(H,20,23). The number of aromatic hydroxyl groups is 1. The summed E-state index contributed by atoms with van der Waals surface area (Å²) in [5, 5.41) is 13.2. The summed E-state index contributed by atoms with van der Waals surface area (Å²) >= 11 is 0. The number of carbonyl (C=O) groups excluding carboxylic acids is 1. The van der Waals surface area contributed by atoms with Crippen LogP contribution in [0.1, 0.15) is 29.8 Å². The van der Waals surface area contributed by atoms with Gasteiger partial charge < -0.3 is 15.3 Å². The summed E-state index contributed by atoms with van der Waals surface area (Å²) < 4.78 is 0. The van der Waals surface area contributed by atoms with Gasteiger partial charge in [-0.1, -0.05) is 26.0 Å². The first-order valence-corrected chi connectivity index (χ1v) is 7.78. The molecule has 122 valence electrons. The number of rotatable bonds is 5. The zero-order chi connectivity index (χ0) is 17.0. The van der Waals surface area contributed by atoms with Crippen LogP contribution in [-0.2, 0) is 6.42 Å². The fourth-order valence-corrected chi connectivity index (χ4v) is 2.42. The number of hydrogen-bond acceptors (Lipinski definition) is 3. The fourth-order valence-electron chi connectivity index (χ4n) is 2.42. The minimum atomic E-state index is -0.300. The lowest BCUT2D eigenvalue weighted by molar-refractivity contribution is 0.102. The van der Waals surface area contributed by atoms with Crippen molar-refractivity contribution in [2.45, 2.75) is 20.3 Å². The molecule has 0 bridgehead atoms. The third kappa shape index (κ3) is 4.25. The van der Waals surface area contributed by atoms with E-state index in [1.807, 2.05) is 55.4 Å². The van der Waals surface area contributed by atoms with Crippen LogP contribution in [-0.4, -0.2) is 25.1 Å². The molecule has 0 fully saturated rings. The van der Waals surface area contributed by atoms with Crippen molar-refractivity contribution < 1.29 is 9.90 Å². The highest BCUT2D eigenvalue weighted by molar-refractivity contribution is 6.06. The van der Waals surface area contributed by atoms with Crippen molar-refractivity contribution in [1.29, 1.82) is 0 Å². The molecule has 2 aromatic rings. The number of amides is 1. The monoisotopic (exact) mass is 312 g/mol. The Balaban J connectivity index is 2.17. The minimum absolute atomic E-state index is 0.0728. The van der Waals surface area contributed by atoms with E-state index < -0.39 is 0 Å². The fraction of sp³-hybridized carbons (Fsp3) is 0.316. The van der Waals surface area contributed by atoms with Crippen LogP contribution in [0.3, 0.4) is 0 Å². The van der Waals surface area contributed by atoms with Crippen LogP contribution in [0, 0.1) is 5.92 Å². The Morgan fingerprint density at radius 3 is 2.35 bits per heavy atom. The molecule has 1 amide bonds. The predicted octanol–water partition coefficient (Wildman–Crippen LogP) is 3.91. The summed E-state index contributed by atoms with van der Waals surface area (Å²) in [5.74, 6) is 0.187. The molecule has 0 radical (unpaired) electrons. The van der Waals surface area contributed by atoms with E-state index in [4.69, 9.17) is 0 Å². The van der Waals surface area contributed by atoms with Crippen LogP contribution in [0.25, 0.3) is 0 Å². The molecule has 2 rings (SSSR count). The molecule has 0 aliphatic rings. The SMILES string of the molecule is CC(C)Cc1cccc(C(=O)Nc2ccc(N(C)C)cc2)c1O. The van der Waals surface area contributed by atoms with Crippen LogP contribution >= 0.6 is 0 Å². The summed E-state index contributed by atoms with van der Waals surface area (Å²) in [5.41, 5.74) is 2.87. The molecular weight excluding hydrogens is 288 g/mol. The number of anilines is 2. The van der Waals surface area contributed by atoms with E-state index in [1.165, 1.54) is 0 Å². The Bertz CT molecular complexity index is 676. The molecule has 0 spiro atoms. The van der Waals surface area contributed by atoms with Gasteiger partial charge in [-0.15, -0.1) is 0 Å². The second-order valence-electron chi connectivity index (χ2n) is 6.31. The molecule has 0 aliphatic carbocycles. The van der Waals surface area contributed by atoms with Gasteiger partial charge in [-0.05, 0) is 48.2 Å². The largest absolute Gasteiger partial charge is 0.507 e. The van der Waals surface area contributed by atoms with Crippen LogP contribution in [0.15, 0.2) is 42.5 Å². The van der Waals surface area contributed by atoms with E-state index in [2.05, 4.69) is 19.2 Å². The maximum atomic E-state index is 12.4. The lowest BCUT2D eigenvalue weighted by atomic mass is 9.99. The van der Waals surface area contributed by atoms with Crippen LogP contribution in [0.5, 0.6) is 5.75 Å². The highest BCUT2D eigenvalue weighted by atomic mass is 16.3. The van der Waals surface area contributed by atoms with Crippen molar-refractivity contribution in [3.63, 3.8) is 0 Å². The average molecular weight is 312 g/mol. The van der Waals surface area contributed by atoms with Crippen LogP contribution in [0.2, 0.25) is 0 Å². The summed E-state index contributed by atoms with van der Waals surface area (Å²) in [7, 11) is 3.93. The van der Waals surface area contributed by atoms with Gasteiger partial charge in [-0.3, -0.25) is 4.79 Å². The van der Waals surface area contributed by atoms with Crippen molar-refractivity contribution in [2.24, 2.45) is 5.92 Å². The second-order valence-corrected chi connectivity index (χ2v) is 6.31. The van der Waals surface area contributed by atoms with E-state index in [0.29, 0.717) is 17.2 Å². The van der Waals surface area contributed by atoms with E-state index >= 15 is 0 Å². The lowest BCUT2D eigenvalue weighted by Crippen LogP contribution is -2.13. The quantitative estimate of drug-likeness (QED) is 0.880. The van der Waals surface area contributed by atoms with Crippen LogP contribution in [0.4, 0.5) is 11.4 Å². The lowest BCUT2D eigenvalue weighted by Gasteiger charge is -2.14. The van der Waals surface area contributed by atoms with Gasteiger partial charge in [0.25, 0.3) is 5.91 Å². The van der Waals surface area contributed by atoms with Crippen molar-refractivity contribution in [3.8, 4) is 5.75 Å². The first kappa shape index (κ1) is 16.9. The molecule has 0 saturated carbocycles. The zero-order valence-electron chi connectivity index (χ0n) is 14.1. The molecule has 23 heavy (non-hydrogen) atoms. The molecule has 2 aromatic carbocycles. The smallest absolute Gasteiger partial charge is 0.259 e. The van der Waals surface area contributed by atoms with Gasteiger partial charge in [0.05, 0.1) is 5.56 Å². The molecule has 0 aromatic heterocycles. The van der Waals surface area contributed by atoms with Gasteiger partial charge in [-0.2, -0.15) is 0 Å². The number of phenolic OH excluding ortho intramolecular Hbond substituents is 1. The molecule has 0 aliphatic heterocycles. The van der Waals surface area contributed by atoms with Crippen molar-refractivity contribution in [2.75, 3.05) is 24.3 Å². The first-order chi connectivity index (χ1) is 10.9. The number of carbonyl (C=O) groups is 1. The Kier molecular flexibility index (Phi) is 5.27. The van der Waals surface area contributed by atoms with Gasteiger partial charge in [0.2, 0.25) is 0 Å². The topological polar surface area (TPSA) is 52.6 Å². The highest BCUT2D eigenvalue weighted by Crippen LogP contribution is 2.26. The summed E-state index contributed by atoms with van der Waals surface area (Å²) in [6, 6.07) is 12.9. The number of phenols is 1. The summed E-state index contributed by atoms with van der Waals surface area (Å²) in [4.78, 5) is 14.4. The minimum Gasteiger partial charge on any atom is -0.507 e. The van der Waals surface area contributed by atoms with Gasteiger partial charge in [-0.25, -0.2) is 0 Å². The maximum Gasteiger partial charge on any atom is 0.259 e. The van der Waals surface area contributed by atoms with E-state index in [1.54, 1.807) is 6.07 Å². The molecule has 0 unspecified atom stereocenters. The van der Waals surface area contributed by atoms with Crippen LogP contribution < -0.4 is 10.2 Å². The van der Waals surface area contributed by atoms with Gasteiger partial charge in [0.15, 0.2) is 0 Å². The molecule has 0 heterocycles. The highest BCUT2D eigenvalue weighted by Gasteiger charge is 2.15. The van der Waals surface area contributed by atoms with E-state index in [9.17, 15) is 9.90 Å². The predicted molar refractivity (Wildman–Crippen MR) is 95.4 cm³/mol. The number of hydrogen-bond donors (Lipinski definition) is 2. The molecule has 2 N–H and O–H groups in total. The third-order valence-corrected chi connectivity index (χ3v) is 3.63. The number of benzene rings is 2. The normalized spacial score (nSPS) is 10.7. The maximum absolute atomic E-state index is 12.4. The van der Waals surface area contributed by atoms with Crippen molar-refractivity contribution in [1.82, 2.24) is 0 Å². The third-order valence-electron chi connectivity index (χ3n) is 3.63. The number of para-hydroxylation sites is 1. The van der Waals surface area contributed by atoms with E-state index in [0.717, 1.165) is 17.7 Å². The average Bonchev–Trinajstić information content (AvgIpc) is 2.49. The molecule has 4 nitrogen and oxygen atoms in total. The number of nitrogens with zero attached hydrogens (tertiary/aromatic N) is 1.